The van der Waals surface area contributed by atoms with Crippen LogP contribution in [0.4, 0.5) is 15.0 Å². The number of ether oxygens (including phenoxy) is 1. The molecule has 1 unspecified atom stereocenters. The molecular formula is C19H25FN2O6S2Si. The zero-order valence-corrected chi connectivity index (χ0v) is 20.5. The standard InChI is InChI=1S/C19H25FN2O6S2Si/c1-19(2,3)31(4,5)28-14-6-7-27-15-9-16(13(20)8-12(14)15)30(25,26)22(18(23)24)17-10-29-11-21-17/h8-11,14H,6-7H2,1-5H3,(H,23,24). The number of sulfonamides is 1. The molecule has 2 heterocycles. The Hall–Kier alpha value is -2.02. The number of anilines is 1. The van der Waals surface area contributed by atoms with Gasteiger partial charge in [-0.2, -0.15) is 0 Å². The van der Waals surface area contributed by atoms with Gasteiger partial charge >= 0.3 is 6.09 Å². The number of amides is 1. The summed E-state index contributed by atoms with van der Waals surface area (Å²) in [7, 11) is -6.96. The summed E-state index contributed by atoms with van der Waals surface area (Å²) in [5.41, 5.74) is 1.71. The highest BCUT2D eigenvalue weighted by atomic mass is 32.2. The number of rotatable bonds is 5. The van der Waals surface area contributed by atoms with E-state index in [0.29, 0.717) is 12.0 Å². The summed E-state index contributed by atoms with van der Waals surface area (Å²) < 4.78 is 53.2. The highest BCUT2D eigenvalue weighted by Crippen LogP contribution is 2.44. The van der Waals surface area contributed by atoms with Crippen LogP contribution in [0.3, 0.4) is 0 Å². The number of hydrogen-bond donors (Lipinski definition) is 1. The van der Waals surface area contributed by atoms with Gasteiger partial charge in [-0.1, -0.05) is 20.8 Å². The van der Waals surface area contributed by atoms with Crippen molar-refractivity contribution in [2.24, 2.45) is 0 Å². The van der Waals surface area contributed by atoms with Crippen LogP contribution in [0.2, 0.25) is 18.1 Å². The molecule has 0 radical (unpaired) electrons. The van der Waals surface area contributed by atoms with E-state index in [2.05, 4.69) is 38.8 Å². The first-order valence-corrected chi connectivity index (χ1v) is 14.9. The number of nitrogens with zero attached hydrogens (tertiary/aromatic N) is 2. The molecule has 2 aromatic rings. The first-order valence-electron chi connectivity index (χ1n) is 9.56. The summed E-state index contributed by atoms with van der Waals surface area (Å²) in [4.78, 5) is 14.6. The normalized spacial score (nSPS) is 17.0. The van der Waals surface area contributed by atoms with Crippen molar-refractivity contribution in [1.29, 1.82) is 0 Å². The Morgan fingerprint density at radius 2 is 2.06 bits per heavy atom. The van der Waals surface area contributed by atoms with Crippen molar-refractivity contribution in [1.82, 2.24) is 4.98 Å². The molecule has 1 aromatic carbocycles. The third-order valence-electron chi connectivity index (χ3n) is 5.61. The minimum absolute atomic E-state index is 0.0563. The van der Waals surface area contributed by atoms with Crippen molar-refractivity contribution >= 4 is 41.6 Å². The maximum absolute atomic E-state index is 15.1. The van der Waals surface area contributed by atoms with Crippen LogP contribution >= 0.6 is 11.3 Å². The van der Waals surface area contributed by atoms with Crippen molar-refractivity contribution < 1.29 is 31.9 Å². The molecule has 0 saturated carbocycles. The minimum Gasteiger partial charge on any atom is -0.493 e. The number of thiazole rings is 1. The summed E-state index contributed by atoms with van der Waals surface area (Å²) in [6.07, 6.45) is -1.72. The summed E-state index contributed by atoms with van der Waals surface area (Å²) in [6, 6.07) is 2.10. The van der Waals surface area contributed by atoms with Gasteiger partial charge in [0.1, 0.15) is 16.5 Å². The van der Waals surface area contributed by atoms with Crippen molar-refractivity contribution in [3.8, 4) is 5.75 Å². The largest absolute Gasteiger partial charge is 0.493 e. The van der Waals surface area contributed by atoms with Crippen molar-refractivity contribution in [3.63, 3.8) is 0 Å². The lowest BCUT2D eigenvalue weighted by atomic mass is 10.0. The fraction of sp³-hybridized carbons (Fsp3) is 0.474. The van der Waals surface area contributed by atoms with Crippen LogP contribution in [-0.2, 0) is 14.4 Å². The molecule has 1 aromatic heterocycles. The first kappa shape index (κ1) is 23.6. The Kier molecular flexibility index (Phi) is 6.22. The Bertz CT molecular complexity index is 1080. The second-order valence-electron chi connectivity index (χ2n) is 8.72. The number of hydrogen-bond acceptors (Lipinski definition) is 7. The highest BCUT2D eigenvalue weighted by Gasteiger charge is 2.42. The third kappa shape index (κ3) is 4.47. The first-order chi connectivity index (χ1) is 14.3. The quantitative estimate of drug-likeness (QED) is 0.590. The molecule has 170 valence electrons. The number of carbonyl (C=O) groups is 1. The Morgan fingerprint density at radius 3 is 2.61 bits per heavy atom. The summed E-state index contributed by atoms with van der Waals surface area (Å²) in [5.74, 6) is -1.23. The lowest BCUT2D eigenvalue weighted by Gasteiger charge is -2.40. The van der Waals surface area contributed by atoms with Crippen LogP contribution in [0.15, 0.2) is 27.9 Å². The Morgan fingerprint density at radius 1 is 1.39 bits per heavy atom. The molecule has 0 spiro atoms. The van der Waals surface area contributed by atoms with E-state index in [0.717, 1.165) is 23.5 Å². The molecule has 1 aliphatic rings. The lowest BCUT2D eigenvalue weighted by Crippen LogP contribution is -2.42. The van der Waals surface area contributed by atoms with Gasteiger partial charge in [-0.25, -0.2) is 22.6 Å². The van der Waals surface area contributed by atoms with E-state index in [9.17, 15) is 18.3 Å². The van der Waals surface area contributed by atoms with E-state index in [1.54, 1.807) is 0 Å². The van der Waals surface area contributed by atoms with Crippen LogP contribution < -0.4 is 9.04 Å². The van der Waals surface area contributed by atoms with Crippen LogP contribution in [0, 0.1) is 5.82 Å². The lowest BCUT2D eigenvalue weighted by molar-refractivity contribution is 0.121. The van der Waals surface area contributed by atoms with Gasteiger partial charge < -0.3 is 14.3 Å². The average molecular weight is 489 g/mol. The molecule has 3 rings (SSSR count). The SMILES string of the molecule is CC(C)(C)[Si](C)(C)OC1CCOc2cc(S(=O)(=O)N(C(=O)O)c3cscn3)c(F)cc21. The monoisotopic (exact) mass is 488 g/mol. The van der Waals surface area contributed by atoms with Gasteiger partial charge in [0.25, 0.3) is 10.0 Å². The smallest absolute Gasteiger partial charge is 0.427 e. The molecule has 0 fully saturated rings. The Balaban J connectivity index is 2.04. The molecule has 8 nitrogen and oxygen atoms in total. The van der Waals surface area contributed by atoms with Crippen molar-refractivity contribution in [2.75, 3.05) is 10.9 Å². The molecule has 0 aliphatic carbocycles. The summed E-state index contributed by atoms with van der Waals surface area (Å²) in [5, 5.41) is 10.6. The highest BCUT2D eigenvalue weighted by molar-refractivity contribution is 7.93. The maximum Gasteiger partial charge on any atom is 0.427 e. The maximum atomic E-state index is 15.1. The van der Waals surface area contributed by atoms with Gasteiger partial charge in [0.05, 0.1) is 18.2 Å². The molecule has 1 atom stereocenters. The van der Waals surface area contributed by atoms with Gasteiger partial charge in [-0.15, -0.1) is 15.6 Å². The van der Waals surface area contributed by atoms with Gasteiger partial charge in [-0.05, 0) is 24.2 Å². The van der Waals surface area contributed by atoms with Crippen LogP contribution in [0.5, 0.6) is 5.75 Å². The molecule has 31 heavy (non-hydrogen) atoms. The fourth-order valence-electron chi connectivity index (χ4n) is 2.94. The van der Waals surface area contributed by atoms with E-state index in [1.807, 2.05) is 0 Å². The Labute approximate surface area is 185 Å². The van der Waals surface area contributed by atoms with Crippen LogP contribution in [0.1, 0.15) is 38.9 Å². The predicted molar refractivity (Wildman–Crippen MR) is 117 cm³/mol. The van der Waals surface area contributed by atoms with Crippen molar-refractivity contribution in [3.05, 3.63) is 34.4 Å². The fourth-order valence-corrected chi connectivity index (χ4v) is 6.14. The number of benzene rings is 1. The van der Waals surface area contributed by atoms with E-state index in [1.165, 1.54) is 10.9 Å². The second kappa shape index (κ2) is 8.15. The molecule has 0 saturated heterocycles. The number of aromatic nitrogens is 1. The molecule has 0 bridgehead atoms. The van der Waals surface area contributed by atoms with Gasteiger partial charge in [0.15, 0.2) is 14.1 Å². The van der Waals surface area contributed by atoms with E-state index in [4.69, 9.17) is 9.16 Å². The molecule has 1 N–H and O–H groups in total. The zero-order valence-electron chi connectivity index (χ0n) is 17.9. The van der Waals surface area contributed by atoms with Crippen molar-refractivity contribution in [2.45, 2.75) is 56.3 Å². The van der Waals surface area contributed by atoms with Gasteiger partial charge in [-0.3, -0.25) is 0 Å². The average Bonchev–Trinajstić information content (AvgIpc) is 3.13. The van der Waals surface area contributed by atoms with Gasteiger partial charge in [0, 0.05) is 23.4 Å². The van der Waals surface area contributed by atoms with Gasteiger partial charge in [0.2, 0.25) is 0 Å². The molecule has 1 aliphatic heterocycles. The van der Waals surface area contributed by atoms with Crippen LogP contribution in [0.25, 0.3) is 0 Å². The van der Waals surface area contributed by atoms with E-state index >= 15 is 4.39 Å². The summed E-state index contributed by atoms with van der Waals surface area (Å²) >= 11 is 1.02. The number of fused-ring (bicyclic) bond motifs is 1. The predicted octanol–water partition coefficient (Wildman–Crippen LogP) is 5.00. The minimum atomic E-state index is -4.77. The molecule has 1 amide bonds. The third-order valence-corrected chi connectivity index (χ3v) is 12.4. The molecule has 12 heteroatoms. The molecular weight excluding hydrogens is 463 g/mol. The summed E-state index contributed by atoms with van der Waals surface area (Å²) in [6.45, 7) is 10.7. The zero-order chi connectivity index (χ0) is 23.2. The van der Waals surface area contributed by atoms with Crippen LogP contribution in [-0.4, -0.2) is 39.5 Å². The number of carboxylic acid groups (broad SMARTS) is 1. The second-order valence-corrected chi connectivity index (χ2v) is 16.0. The van der Waals surface area contributed by atoms with E-state index < -0.39 is 41.3 Å². The topological polar surface area (TPSA) is 106 Å². The number of halogens is 1. The van der Waals surface area contributed by atoms with E-state index in [-0.39, 0.29) is 27.5 Å².